The Morgan fingerprint density at radius 1 is 1.46 bits per heavy atom. The van der Waals surface area contributed by atoms with Crippen molar-refractivity contribution in [3.8, 4) is 0 Å². The highest BCUT2D eigenvalue weighted by Crippen LogP contribution is 2.28. The average molecular weight is 200 g/mol. The van der Waals surface area contributed by atoms with Crippen molar-refractivity contribution in [3.05, 3.63) is 0 Å². The quantitative estimate of drug-likeness (QED) is 0.721. The first-order chi connectivity index (χ1) is 5.80. The molecule has 2 N–H and O–H groups in total. The Morgan fingerprint density at radius 2 is 1.92 bits per heavy atom. The number of halogens is 3. The molecule has 0 fully saturated rings. The first-order valence-electron chi connectivity index (χ1n) is 3.78. The van der Waals surface area contributed by atoms with E-state index in [1.54, 1.807) is 6.92 Å². The second-order valence-electron chi connectivity index (χ2n) is 2.72. The molecule has 0 radical (unpaired) electrons. The van der Waals surface area contributed by atoms with Crippen LogP contribution < -0.4 is 0 Å². The summed E-state index contributed by atoms with van der Waals surface area (Å²) in [7, 11) is 0. The van der Waals surface area contributed by atoms with Gasteiger partial charge in [0.1, 0.15) is 0 Å². The van der Waals surface area contributed by atoms with Crippen LogP contribution in [-0.2, 0) is 4.79 Å². The van der Waals surface area contributed by atoms with Crippen molar-refractivity contribution in [1.29, 1.82) is 0 Å². The van der Waals surface area contributed by atoms with Crippen molar-refractivity contribution in [2.45, 2.75) is 32.0 Å². The van der Waals surface area contributed by atoms with E-state index in [1.807, 2.05) is 0 Å². The van der Waals surface area contributed by atoms with E-state index in [4.69, 9.17) is 10.2 Å². The summed E-state index contributed by atoms with van der Waals surface area (Å²) in [6.07, 6.45) is -7.54. The number of carboxylic acids is 1. The van der Waals surface area contributed by atoms with E-state index in [2.05, 4.69) is 0 Å². The molecule has 0 aliphatic heterocycles. The summed E-state index contributed by atoms with van der Waals surface area (Å²) in [5.74, 6) is -3.38. The van der Waals surface area contributed by atoms with Crippen LogP contribution in [0.25, 0.3) is 0 Å². The minimum atomic E-state index is -4.86. The van der Waals surface area contributed by atoms with Gasteiger partial charge in [-0.3, -0.25) is 4.79 Å². The molecule has 0 aliphatic rings. The lowest BCUT2D eigenvalue weighted by atomic mass is 9.97. The Morgan fingerprint density at radius 3 is 2.15 bits per heavy atom. The Bertz CT molecular complexity index is 178. The topological polar surface area (TPSA) is 57.5 Å². The van der Waals surface area contributed by atoms with Crippen molar-refractivity contribution in [2.24, 2.45) is 5.92 Å². The molecule has 0 rings (SSSR count). The molecule has 0 aromatic heterocycles. The molecule has 78 valence electrons. The van der Waals surface area contributed by atoms with Gasteiger partial charge in [-0.25, -0.2) is 0 Å². The smallest absolute Gasteiger partial charge is 0.415 e. The highest BCUT2D eigenvalue weighted by Gasteiger charge is 2.45. The van der Waals surface area contributed by atoms with Gasteiger partial charge in [-0.15, -0.1) is 0 Å². The van der Waals surface area contributed by atoms with Crippen LogP contribution in [0.1, 0.15) is 19.8 Å². The predicted molar refractivity (Wildman–Crippen MR) is 38.1 cm³/mol. The minimum absolute atomic E-state index is 0.185. The van der Waals surface area contributed by atoms with Gasteiger partial charge in [0.25, 0.3) is 0 Å². The summed E-state index contributed by atoms with van der Waals surface area (Å²) >= 11 is 0. The summed E-state index contributed by atoms with van der Waals surface area (Å²) in [5, 5.41) is 17.0. The van der Waals surface area contributed by atoms with Crippen molar-refractivity contribution in [3.63, 3.8) is 0 Å². The summed E-state index contributed by atoms with van der Waals surface area (Å²) in [6, 6.07) is 0. The van der Waals surface area contributed by atoms with E-state index in [1.165, 1.54) is 0 Å². The second-order valence-corrected chi connectivity index (χ2v) is 2.72. The fourth-order valence-electron chi connectivity index (χ4n) is 0.956. The Hall–Kier alpha value is -0.780. The van der Waals surface area contributed by atoms with Gasteiger partial charge in [0.2, 0.25) is 0 Å². The Balaban J connectivity index is 4.46. The lowest BCUT2D eigenvalue weighted by molar-refractivity contribution is -0.223. The van der Waals surface area contributed by atoms with Crippen molar-refractivity contribution >= 4 is 5.97 Å². The molecular formula is C7H11F3O3. The maximum absolute atomic E-state index is 11.9. The molecule has 0 saturated carbocycles. The Labute approximate surface area is 73.2 Å². The van der Waals surface area contributed by atoms with Gasteiger partial charge in [0, 0.05) is 0 Å². The molecule has 0 saturated heterocycles. The molecule has 0 bridgehead atoms. The lowest BCUT2D eigenvalue weighted by Gasteiger charge is -2.20. The van der Waals surface area contributed by atoms with Gasteiger partial charge in [-0.2, -0.15) is 13.2 Å². The number of aliphatic hydroxyl groups excluding tert-OH is 1. The van der Waals surface area contributed by atoms with Crippen LogP contribution >= 0.6 is 0 Å². The molecule has 3 nitrogen and oxygen atoms in total. The average Bonchev–Trinajstić information content (AvgIpc) is 1.96. The number of hydrogen-bond donors (Lipinski definition) is 2. The molecular weight excluding hydrogens is 189 g/mol. The minimum Gasteiger partial charge on any atom is -0.481 e. The number of carbonyl (C=O) groups is 1. The fourth-order valence-corrected chi connectivity index (χ4v) is 0.956. The third-order valence-electron chi connectivity index (χ3n) is 1.63. The van der Waals surface area contributed by atoms with Crippen LogP contribution in [0.5, 0.6) is 0 Å². The SMILES string of the molecule is CCC[C@H](C(=O)O)[C@@H](O)C(F)(F)F. The summed E-state index contributed by atoms with van der Waals surface area (Å²) in [4.78, 5) is 10.3. The number of rotatable bonds is 4. The zero-order valence-corrected chi connectivity index (χ0v) is 7.01. The number of hydrogen-bond acceptors (Lipinski definition) is 2. The van der Waals surface area contributed by atoms with Gasteiger partial charge in [-0.1, -0.05) is 13.3 Å². The zero-order chi connectivity index (χ0) is 10.6. The van der Waals surface area contributed by atoms with Gasteiger partial charge >= 0.3 is 12.1 Å². The molecule has 0 amide bonds. The number of carboxylic acid groups (broad SMARTS) is 1. The van der Waals surface area contributed by atoms with Crippen molar-refractivity contribution in [1.82, 2.24) is 0 Å². The Kier molecular flexibility index (Phi) is 4.19. The van der Waals surface area contributed by atoms with Gasteiger partial charge < -0.3 is 10.2 Å². The molecule has 0 aromatic carbocycles. The van der Waals surface area contributed by atoms with E-state index in [9.17, 15) is 18.0 Å². The third kappa shape index (κ3) is 3.63. The standard InChI is InChI=1S/C7H11F3O3/c1-2-3-4(6(12)13)5(11)7(8,9)10/h4-5,11H,2-3H2,1H3,(H,12,13)/t4-,5+/m0/s1. The molecule has 0 heterocycles. The highest BCUT2D eigenvalue weighted by atomic mass is 19.4. The first kappa shape index (κ1) is 12.2. The van der Waals surface area contributed by atoms with Crippen LogP contribution in [0.4, 0.5) is 13.2 Å². The van der Waals surface area contributed by atoms with Gasteiger partial charge in [0.15, 0.2) is 6.10 Å². The van der Waals surface area contributed by atoms with Crippen LogP contribution in [0, 0.1) is 5.92 Å². The van der Waals surface area contributed by atoms with E-state index >= 15 is 0 Å². The van der Waals surface area contributed by atoms with E-state index in [-0.39, 0.29) is 12.8 Å². The van der Waals surface area contributed by atoms with Crippen molar-refractivity contribution in [2.75, 3.05) is 0 Å². The summed E-state index contributed by atoms with van der Waals surface area (Å²) in [6.45, 7) is 1.55. The molecule has 0 unspecified atom stereocenters. The predicted octanol–water partition coefficient (Wildman–Crippen LogP) is 1.41. The summed E-state index contributed by atoms with van der Waals surface area (Å²) in [5.41, 5.74) is 0. The maximum atomic E-state index is 11.9. The van der Waals surface area contributed by atoms with Crippen LogP contribution in [-0.4, -0.2) is 28.5 Å². The number of aliphatic carboxylic acids is 1. The van der Waals surface area contributed by atoms with Crippen molar-refractivity contribution < 1.29 is 28.2 Å². The zero-order valence-electron chi connectivity index (χ0n) is 7.01. The molecule has 2 atom stereocenters. The van der Waals surface area contributed by atoms with Gasteiger partial charge in [0.05, 0.1) is 5.92 Å². The molecule has 0 aromatic rings. The third-order valence-corrected chi connectivity index (χ3v) is 1.63. The van der Waals surface area contributed by atoms with Gasteiger partial charge in [-0.05, 0) is 6.42 Å². The molecule has 13 heavy (non-hydrogen) atoms. The van der Waals surface area contributed by atoms with Crippen LogP contribution in [0.15, 0.2) is 0 Å². The van der Waals surface area contributed by atoms with Crippen LogP contribution in [0.3, 0.4) is 0 Å². The largest absolute Gasteiger partial charge is 0.481 e. The second kappa shape index (κ2) is 4.45. The molecule has 0 aliphatic carbocycles. The van der Waals surface area contributed by atoms with E-state index in [0.29, 0.717) is 0 Å². The molecule has 6 heteroatoms. The monoisotopic (exact) mass is 200 g/mol. The maximum Gasteiger partial charge on any atom is 0.415 e. The number of aliphatic hydroxyl groups is 1. The normalized spacial score (nSPS) is 16.7. The van der Waals surface area contributed by atoms with E-state index in [0.717, 1.165) is 0 Å². The number of alkyl halides is 3. The highest BCUT2D eigenvalue weighted by molar-refractivity contribution is 5.70. The fraction of sp³-hybridized carbons (Fsp3) is 0.857. The molecule has 0 spiro atoms. The van der Waals surface area contributed by atoms with E-state index < -0.39 is 24.2 Å². The lowest BCUT2D eigenvalue weighted by Crippen LogP contribution is -2.39. The van der Waals surface area contributed by atoms with Crippen LogP contribution in [0.2, 0.25) is 0 Å². The first-order valence-corrected chi connectivity index (χ1v) is 3.78. The summed E-state index contributed by atoms with van der Waals surface area (Å²) < 4.78 is 35.6.